The van der Waals surface area contributed by atoms with E-state index in [1.165, 1.54) is 12.1 Å². The maximum Gasteiger partial charge on any atom is 0.286 e. The molecule has 0 unspecified atom stereocenters. The van der Waals surface area contributed by atoms with Crippen molar-refractivity contribution in [3.63, 3.8) is 0 Å². The highest BCUT2D eigenvalue weighted by Crippen LogP contribution is 2.09. The number of hydrogen-bond donors (Lipinski definition) is 2. The average Bonchev–Trinajstić information content (AvgIpc) is 2.20. The first-order valence-corrected chi connectivity index (χ1v) is 4.39. The maximum absolute atomic E-state index is 11.2. The van der Waals surface area contributed by atoms with E-state index in [4.69, 9.17) is 5.73 Å². The molecule has 15 heavy (non-hydrogen) atoms. The van der Waals surface area contributed by atoms with Crippen molar-refractivity contribution in [1.29, 1.82) is 0 Å². The van der Waals surface area contributed by atoms with Crippen LogP contribution in [-0.2, 0) is 0 Å². The van der Waals surface area contributed by atoms with Gasteiger partial charge in [0.1, 0.15) is 0 Å². The molecule has 0 aromatic carbocycles. The fourth-order valence-corrected chi connectivity index (χ4v) is 1.03. The third-order valence-corrected chi connectivity index (χ3v) is 1.76. The van der Waals surface area contributed by atoms with Crippen molar-refractivity contribution in [2.24, 2.45) is 5.73 Å². The molecule has 1 heterocycles. The molecule has 1 aromatic heterocycles. The second-order valence-electron chi connectivity index (χ2n) is 2.88. The van der Waals surface area contributed by atoms with Crippen molar-refractivity contribution in [3.05, 3.63) is 44.4 Å². The molecule has 0 fully saturated rings. The van der Waals surface area contributed by atoms with Crippen LogP contribution in [0.1, 0.15) is 12.0 Å². The van der Waals surface area contributed by atoms with Gasteiger partial charge in [-0.15, -0.1) is 0 Å². The molecule has 0 radical (unpaired) electrons. The van der Waals surface area contributed by atoms with Crippen LogP contribution in [0.15, 0.2) is 23.1 Å². The summed E-state index contributed by atoms with van der Waals surface area (Å²) >= 11 is 0. The average molecular weight is 209 g/mol. The molecule has 0 spiro atoms. The van der Waals surface area contributed by atoms with Crippen LogP contribution in [0.3, 0.4) is 0 Å². The third kappa shape index (κ3) is 3.03. The van der Waals surface area contributed by atoms with Gasteiger partial charge in [0.25, 0.3) is 11.2 Å². The van der Waals surface area contributed by atoms with Gasteiger partial charge in [-0.1, -0.05) is 12.2 Å². The van der Waals surface area contributed by atoms with Crippen LogP contribution >= 0.6 is 0 Å². The van der Waals surface area contributed by atoms with E-state index in [1.807, 2.05) is 0 Å². The second kappa shape index (κ2) is 5.06. The van der Waals surface area contributed by atoms with E-state index < -0.39 is 4.92 Å². The van der Waals surface area contributed by atoms with Crippen LogP contribution in [0.25, 0.3) is 6.08 Å². The Morgan fingerprint density at radius 2 is 2.33 bits per heavy atom. The van der Waals surface area contributed by atoms with Gasteiger partial charge in [0.05, 0.1) is 11.1 Å². The number of nitrogens with zero attached hydrogens (tertiary/aromatic N) is 1. The lowest BCUT2D eigenvalue weighted by Gasteiger charge is -1.93. The normalized spacial score (nSPS) is 10.7. The Labute approximate surface area is 85.6 Å². The SMILES string of the molecule is NCCC=Cc1cc([N+](=O)[O-])c[nH]c1=O. The zero-order valence-corrected chi connectivity index (χ0v) is 7.97. The van der Waals surface area contributed by atoms with Crippen LogP contribution in [0, 0.1) is 10.1 Å². The van der Waals surface area contributed by atoms with Crippen molar-refractivity contribution in [2.45, 2.75) is 6.42 Å². The van der Waals surface area contributed by atoms with Crippen LogP contribution in [0.5, 0.6) is 0 Å². The first kappa shape index (κ1) is 11.1. The van der Waals surface area contributed by atoms with Crippen LogP contribution in [0.2, 0.25) is 0 Å². The molecule has 0 saturated carbocycles. The predicted molar refractivity (Wildman–Crippen MR) is 56.4 cm³/mol. The molecule has 0 atom stereocenters. The molecule has 1 aromatic rings. The lowest BCUT2D eigenvalue weighted by atomic mass is 10.2. The van der Waals surface area contributed by atoms with E-state index in [0.717, 1.165) is 6.20 Å². The van der Waals surface area contributed by atoms with E-state index in [9.17, 15) is 14.9 Å². The van der Waals surface area contributed by atoms with Gasteiger partial charge < -0.3 is 10.7 Å². The summed E-state index contributed by atoms with van der Waals surface area (Å²) in [5.41, 5.74) is 5.04. The highest BCUT2D eigenvalue weighted by atomic mass is 16.6. The third-order valence-electron chi connectivity index (χ3n) is 1.76. The summed E-state index contributed by atoms with van der Waals surface area (Å²) in [6.07, 6.45) is 4.93. The first-order chi connectivity index (χ1) is 7.15. The number of nitro groups is 1. The van der Waals surface area contributed by atoms with Gasteiger partial charge in [-0.2, -0.15) is 0 Å². The number of H-pyrrole nitrogens is 1. The van der Waals surface area contributed by atoms with Gasteiger partial charge >= 0.3 is 0 Å². The van der Waals surface area contributed by atoms with Crippen LogP contribution in [0.4, 0.5) is 5.69 Å². The van der Waals surface area contributed by atoms with Crippen LogP contribution in [-0.4, -0.2) is 16.5 Å². The van der Waals surface area contributed by atoms with Crippen LogP contribution < -0.4 is 11.3 Å². The van der Waals surface area contributed by atoms with Gasteiger partial charge in [-0.25, -0.2) is 0 Å². The molecule has 1 rings (SSSR count). The van der Waals surface area contributed by atoms with E-state index in [1.54, 1.807) is 6.08 Å². The highest BCUT2D eigenvalue weighted by Gasteiger charge is 2.07. The molecule has 3 N–H and O–H groups in total. The molecular weight excluding hydrogens is 198 g/mol. The Balaban J connectivity index is 3.00. The van der Waals surface area contributed by atoms with E-state index in [0.29, 0.717) is 13.0 Å². The molecule has 0 aliphatic rings. The number of hydrogen-bond acceptors (Lipinski definition) is 4. The summed E-state index contributed by atoms with van der Waals surface area (Å²) in [4.78, 5) is 23.4. The van der Waals surface area contributed by atoms with Crippen molar-refractivity contribution in [3.8, 4) is 0 Å². The summed E-state index contributed by atoms with van der Waals surface area (Å²) < 4.78 is 0. The fraction of sp³-hybridized carbons (Fsp3) is 0.222. The smallest absolute Gasteiger partial charge is 0.286 e. The minimum atomic E-state index is -0.559. The highest BCUT2D eigenvalue weighted by molar-refractivity contribution is 5.51. The van der Waals surface area contributed by atoms with Gasteiger partial charge in [0.2, 0.25) is 0 Å². The largest absolute Gasteiger partial charge is 0.330 e. The number of nitrogens with two attached hydrogens (primary N) is 1. The quantitative estimate of drug-likeness (QED) is 0.561. The lowest BCUT2D eigenvalue weighted by Crippen LogP contribution is -2.09. The Morgan fingerprint density at radius 1 is 1.60 bits per heavy atom. The number of aromatic amines is 1. The molecule has 0 aliphatic heterocycles. The molecule has 0 aliphatic carbocycles. The number of pyridine rings is 1. The number of rotatable bonds is 4. The first-order valence-electron chi connectivity index (χ1n) is 4.39. The standard InChI is InChI=1S/C9H11N3O3/c10-4-2-1-3-7-5-8(12(14)15)6-11-9(7)13/h1,3,5-6H,2,4,10H2,(H,11,13). The minimum Gasteiger partial charge on any atom is -0.330 e. The lowest BCUT2D eigenvalue weighted by molar-refractivity contribution is -0.385. The van der Waals surface area contributed by atoms with Crippen molar-refractivity contribution >= 4 is 11.8 Å². The zero-order chi connectivity index (χ0) is 11.3. The summed E-state index contributed by atoms with van der Waals surface area (Å²) in [7, 11) is 0. The molecule has 6 nitrogen and oxygen atoms in total. The fourth-order valence-electron chi connectivity index (χ4n) is 1.03. The Morgan fingerprint density at radius 3 is 2.93 bits per heavy atom. The minimum absolute atomic E-state index is 0.137. The molecule has 0 bridgehead atoms. The van der Waals surface area contributed by atoms with Gasteiger partial charge in [0, 0.05) is 11.6 Å². The second-order valence-corrected chi connectivity index (χ2v) is 2.88. The molecule has 0 amide bonds. The summed E-state index contributed by atoms with van der Waals surface area (Å²) in [6.45, 7) is 0.476. The van der Waals surface area contributed by atoms with E-state index in [-0.39, 0.29) is 16.8 Å². The molecule has 0 saturated heterocycles. The monoisotopic (exact) mass is 209 g/mol. The topological polar surface area (TPSA) is 102 Å². The van der Waals surface area contributed by atoms with Crippen molar-refractivity contribution in [2.75, 3.05) is 6.54 Å². The molecular formula is C9H11N3O3. The van der Waals surface area contributed by atoms with Crippen molar-refractivity contribution in [1.82, 2.24) is 4.98 Å². The molecule has 6 heteroatoms. The van der Waals surface area contributed by atoms with Gasteiger partial charge in [0.15, 0.2) is 0 Å². The zero-order valence-electron chi connectivity index (χ0n) is 7.97. The number of nitrogens with one attached hydrogen (secondary N) is 1. The Hall–Kier alpha value is -1.95. The summed E-state index contributed by atoms with van der Waals surface area (Å²) in [5.74, 6) is 0. The van der Waals surface area contributed by atoms with Crippen molar-refractivity contribution < 1.29 is 4.92 Å². The van der Waals surface area contributed by atoms with Gasteiger partial charge in [-0.3, -0.25) is 14.9 Å². The van der Waals surface area contributed by atoms with E-state index in [2.05, 4.69) is 4.98 Å². The Bertz CT molecular complexity index is 436. The summed E-state index contributed by atoms with van der Waals surface area (Å²) in [6, 6.07) is 1.23. The summed E-state index contributed by atoms with van der Waals surface area (Å²) in [5, 5.41) is 10.4. The van der Waals surface area contributed by atoms with E-state index >= 15 is 0 Å². The number of aromatic nitrogens is 1. The predicted octanol–water partition coefficient (Wildman–Crippen LogP) is 0.645. The maximum atomic E-state index is 11.2. The van der Waals surface area contributed by atoms with Gasteiger partial charge in [-0.05, 0) is 13.0 Å². The Kier molecular flexibility index (Phi) is 3.75. The molecule has 80 valence electrons.